The smallest absolute Gasteiger partial charge is 0.326 e. The van der Waals surface area contributed by atoms with E-state index in [1.807, 2.05) is 0 Å². The number of unbranched alkanes of at least 4 members (excludes halogenated alkanes) is 13. The summed E-state index contributed by atoms with van der Waals surface area (Å²) in [5.41, 5.74) is 5.03. The zero-order valence-corrected chi connectivity index (χ0v) is 43.3. The Morgan fingerprint density at radius 2 is 0.857 bits per heavy atom. The number of hydrogen-bond acceptors (Lipinski definition) is 16. The van der Waals surface area contributed by atoms with Gasteiger partial charge >= 0.3 is 5.97 Å². The van der Waals surface area contributed by atoms with Crippen LogP contribution in [0, 0.1) is 0 Å². The van der Waals surface area contributed by atoms with Gasteiger partial charge in [0.25, 0.3) is 0 Å². The van der Waals surface area contributed by atoms with Crippen LogP contribution < -0.4 is 31.7 Å². The second-order valence-corrected chi connectivity index (χ2v) is 17.0. The average molecular weight is 1030 g/mol. The molecular formula is C48H92N6O15S. The fraction of sp³-hybridized carbons (Fsp3) is 0.875. The molecule has 1 unspecified atom stereocenters. The number of hydrogen-bond donors (Lipinski definition) is 8. The maximum atomic E-state index is 12.3. The number of amides is 5. The lowest BCUT2D eigenvalue weighted by molar-refractivity contribution is -0.142. The summed E-state index contributed by atoms with van der Waals surface area (Å²) in [4.78, 5) is 70.9. The molecule has 5 amide bonds. The van der Waals surface area contributed by atoms with Crippen molar-refractivity contribution in [2.45, 2.75) is 147 Å². The van der Waals surface area contributed by atoms with Gasteiger partial charge in [-0.25, -0.2) is 4.79 Å². The fourth-order valence-corrected chi connectivity index (χ4v) is 6.85. The SMILES string of the molecule is CCCCCCCCCCCCCCCC(=O)NC(CCC(=O)NCCOCCOCCOCCOCCOCCOCCOCCOCCC(=O)NCCCC[C@H](NS)C(=O)NCC(N)=O)C(=O)O. The maximum absolute atomic E-state index is 12.3. The summed E-state index contributed by atoms with van der Waals surface area (Å²) in [6.45, 7) is 9.00. The van der Waals surface area contributed by atoms with Crippen molar-refractivity contribution in [1.29, 1.82) is 0 Å². The van der Waals surface area contributed by atoms with E-state index < -0.39 is 24.0 Å². The van der Waals surface area contributed by atoms with Gasteiger partial charge in [-0.15, -0.1) is 0 Å². The zero-order valence-electron chi connectivity index (χ0n) is 42.4. The Hall–Kier alpha value is -3.19. The Balaban J connectivity index is 3.47. The lowest BCUT2D eigenvalue weighted by Gasteiger charge is -2.14. The molecule has 0 heterocycles. The topological polar surface area (TPSA) is 283 Å². The number of carbonyl (C=O) groups is 6. The average Bonchev–Trinajstić information content (AvgIpc) is 3.34. The number of carboxylic acid groups (broad SMARTS) is 1. The number of thiol groups is 1. The quantitative estimate of drug-likeness (QED) is 0.0321. The molecule has 0 saturated heterocycles. The summed E-state index contributed by atoms with van der Waals surface area (Å²) in [6, 6.07) is -1.66. The summed E-state index contributed by atoms with van der Waals surface area (Å²) >= 11 is 3.95. The van der Waals surface area contributed by atoms with Crippen LogP contribution in [-0.4, -0.2) is 178 Å². The van der Waals surface area contributed by atoms with Crippen LogP contribution >= 0.6 is 12.8 Å². The molecule has 0 aromatic carbocycles. The molecule has 0 fully saturated rings. The van der Waals surface area contributed by atoms with Crippen LogP contribution in [0.5, 0.6) is 0 Å². The minimum absolute atomic E-state index is 0.0172. The van der Waals surface area contributed by atoms with Crippen molar-refractivity contribution in [3.05, 3.63) is 0 Å². The molecule has 0 aliphatic heterocycles. The number of carbonyl (C=O) groups excluding carboxylic acids is 5. The Bertz CT molecular complexity index is 1300. The molecule has 410 valence electrons. The molecule has 0 aromatic rings. The molecule has 0 bridgehead atoms. The number of ether oxygens (including phenoxy) is 8. The molecule has 21 nitrogen and oxygen atoms in total. The predicted molar refractivity (Wildman–Crippen MR) is 268 cm³/mol. The van der Waals surface area contributed by atoms with Crippen LogP contribution in [-0.2, 0) is 66.7 Å². The fourth-order valence-electron chi connectivity index (χ4n) is 6.60. The van der Waals surface area contributed by atoms with Crippen molar-refractivity contribution in [2.75, 3.05) is 125 Å². The predicted octanol–water partition coefficient (Wildman–Crippen LogP) is 3.15. The molecule has 70 heavy (non-hydrogen) atoms. The van der Waals surface area contributed by atoms with Gasteiger partial charge in [0.15, 0.2) is 0 Å². The van der Waals surface area contributed by atoms with Gasteiger partial charge in [-0.1, -0.05) is 96.8 Å². The van der Waals surface area contributed by atoms with Gasteiger partial charge in [0.05, 0.1) is 118 Å². The molecular weight excluding hydrogens is 933 g/mol. The van der Waals surface area contributed by atoms with Crippen LogP contribution in [0.15, 0.2) is 0 Å². The number of rotatable bonds is 55. The van der Waals surface area contributed by atoms with E-state index in [1.54, 1.807) is 0 Å². The first kappa shape index (κ1) is 66.8. The van der Waals surface area contributed by atoms with Crippen molar-refractivity contribution in [1.82, 2.24) is 26.0 Å². The summed E-state index contributed by atoms with van der Waals surface area (Å²) < 4.78 is 46.4. The standard InChI is InChI=1S/C48H92N6O15S/c1-2-3-4-5-6-7-8-9-10-11-12-13-14-18-46(58)53-42(48(60)61)19-20-44(56)51-23-25-63-27-29-65-31-33-67-35-37-69-39-38-68-36-34-66-32-30-64-28-26-62-24-21-45(57)50-22-16-15-17-41(54-70)47(59)52-40-43(49)55/h41-42,54,70H,2-40H2,1H3,(H2,49,55)(H,50,57)(H,51,56)(H,52,59)(H,53,58)(H,60,61)/t41-,42?/m0/s1. The first-order valence-corrected chi connectivity index (χ1v) is 26.2. The van der Waals surface area contributed by atoms with E-state index in [2.05, 4.69) is 45.7 Å². The Labute approximate surface area is 423 Å². The molecule has 0 aliphatic rings. The lowest BCUT2D eigenvalue weighted by Crippen LogP contribution is -2.44. The number of carboxylic acids is 1. The second kappa shape index (κ2) is 52.1. The number of primary amides is 1. The van der Waals surface area contributed by atoms with Crippen LogP contribution in [0.4, 0.5) is 0 Å². The van der Waals surface area contributed by atoms with E-state index in [9.17, 15) is 33.9 Å². The highest BCUT2D eigenvalue weighted by atomic mass is 32.1. The van der Waals surface area contributed by atoms with E-state index in [0.29, 0.717) is 125 Å². The van der Waals surface area contributed by atoms with Crippen molar-refractivity contribution in [3.8, 4) is 0 Å². The van der Waals surface area contributed by atoms with Gasteiger partial charge in [0, 0.05) is 32.4 Å². The highest BCUT2D eigenvalue weighted by Gasteiger charge is 2.21. The van der Waals surface area contributed by atoms with E-state index in [-0.39, 0.29) is 69.2 Å². The molecule has 0 aliphatic carbocycles. The number of aliphatic carboxylic acids is 1. The third-order valence-electron chi connectivity index (χ3n) is 10.6. The molecule has 0 spiro atoms. The van der Waals surface area contributed by atoms with Crippen molar-refractivity contribution >= 4 is 48.3 Å². The van der Waals surface area contributed by atoms with Gasteiger partial charge in [0.1, 0.15) is 6.04 Å². The summed E-state index contributed by atoms with van der Waals surface area (Å²) in [6.07, 6.45) is 18.1. The van der Waals surface area contributed by atoms with Crippen LogP contribution in [0.2, 0.25) is 0 Å². The largest absolute Gasteiger partial charge is 0.480 e. The first-order chi connectivity index (χ1) is 34.1. The van der Waals surface area contributed by atoms with Crippen molar-refractivity contribution < 1.29 is 71.8 Å². The van der Waals surface area contributed by atoms with E-state index >= 15 is 0 Å². The monoisotopic (exact) mass is 1020 g/mol. The lowest BCUT2D eigenvalue weighted by atomic mass is 10.0. The van der Waals surface area contributed by atoms with Crippen molar-refractivity contribution in [3.63, 3.8) is 0 Å². The van der Waals surface area contributed by atoms with Gasteiger partial charge in [-0.3, -0.25) is 28.7 Å². The van der Waals surface area contributed by atoms with Crippen LogP contribution in [0.1, 0.15) is 135 Å². The molecule has 0 aromatic heterocycles. The van der Waals surface area contributed by atoms with Gasteiger partial charge in [0.2, 0.25) is 29.5 Å². The molecule has 0 saturated carbocycles. The van der Waals surface area contributed by atoms with Crippen molar-refractivity contribution in [2.24, 2.45) is 5.73 Å². The highest BCUT2D eigenvalue weighted by molar-refractivity contribution is 7.78. The summed E-state index contributed by atoms with van der Waals surface area (Å²) in [5, 5.41) is 20.0. The van der Waals surface area contributed by atoms with E-state index in [1.165, 1.54) is 64.2 Å². The molecule has 22 heteroatoms. The zero-order chi connectivity index (χ0) is 51.4. The third kappa shape index (κ3) is 48.4. The third-order valence-corrected chi connectivity index (χ3v) is 10.9. The Morgan fingerprint density at radius 3 is 1.30 bits per heavy atom. The van der Waals surface area contributed by atoms with Crippen LogP contribution in [0.3, 0.4) is 0 Å². The first-order valence-electron chi connectivity index (χ1n) is 25.7. The molecule has 8 N–H and O–H groups in total. The number of nitrogens with one attached hydrogen (secondary N) is 5. The minimum Gasteiger partial charge on any atom is -0.480 e. The summed E-state index contributed by atoms with van der Waals surface area (Å²) in [7, 11) is 0. The van der Waals surface area contributed by atoms with Gasteiger partial charge in [-0.05, 0) is 32.1 Å². The normalized spacial score (nSPS) is 12.1. The maximum Gasteiger partial charge on any atom is 0.326 e. The second-order valence-electron chi connectivity index (χ2n) is 16.7. The highest BCUT2D eigenvalue weighted by Crippen LogP contribution is 2.13. The minimum atomic E-state index is -1.15. The molecule has 0 rings (SSSR count). The Kier molecular flexibility index (Phi) is 49.8. The Morgan fingerprint density at radius 1 is 0.443 bits per heavy atom. The summed E-state index contributed by atoms with van der Waals surface area (Å²) in [5.74, 6) is -2.85. The van der Waals surface area contributed by atoms with Gasteiger partial charge < -0.3 is 70.0 Å². The molecule has 0 radical (unpaired) electrons. The van der Waals surface area contributed by atoms with Gasteiger partial charge in [-0.2, -0.15) is 0 Å². The number of nitrogens with two attached hydrogens (primary N) is 1. The van der Waals surface area contributed by atoms with E-state index in [0.717, 1.165) is 19.3 Å². The van der Waals surface area contributed by atoms with Crippen LogP contribution in [0.25, 0.3) is 0 Å². The molecule has 2 atom stereocenters. The van der Waals surface area contributed by atoms with E-state index in [4.69, 9.17) is 43.6 Å².